The molecule has 1 aliphatic heterocycles. The number of carboxylic acid groups (broad SMARTS) is 1. The smallest absolute Gasteiger partial charge is 0.407 e. The molecule has 4 rings (SSSR count). The summed E-state index contributed by atoms with van der Waals surface area (Å²) >= 11 is 6.33. The van der Waals surface area contributed by atoms with Crippen molar-refractivity contribution in [3.05, 3.63) is 82.6 Å². The number of likely N-dealkylation sites (tertiary alicyclic amines) is 1. The van der Waals surface area contributed by atoms with Gasteiger partial charge in [-0.1, -0.05) is 48.0 Å². The van der Waals surface area contributed by atoms with Crippen molar-refractivity contribution >= 4 is 34.4 Å². The SMILES string of the molecule is CC(NC(=O)CC1(c2ccc(F)cc2)CCN(C(=O)O)C(C)C1)c1cc(Cl)cc2ccccc12. The van der Waals surface area contributed by atoms with Crippen LogP contribution in [0.4, 0.5) is 9.18 Å². The van der Waals surface area contributed by atoms with Crippen LogP contribution >= 0.6 is 11.6 Å². The lowest BCUT2D eigenvalue weighted by atomic mass is 9.68. The molecule has 1 heterocycles. The predicted octanol–water partition coefficient (Wildman–Crippen LogP) is 6.30. The summed E-state index contributed by atoms with van der Waals surface area (Å²) in [5, 5.41) is 15.3. The summed E-state index contributed by atoms with van der Waals surface area (Å²) in [6, 6.07) is 17.3. The fourth-order valence-corrected chi connectivity index (χ4v) is 5.52. The third-order valence-electron chi connectivity index (χ3n) is 6.95. The molecule has 7 heteroatoms. The van der Waals surface area contributed by atoms with E-state index in [1.807, 2.05) is 50.2 Å². The molecule has 3 unspecified atom stereocenters. The molecule has 2 N–H and O–H groups in total. The fraction of sp³-hybridized carbons (Fsp3) is 0.333. The quantitative estimate of drug-likeness (QED) is 0.448. The van der Waals surface area contributed by atoms with Crippen molar-refractivity contribution in [1.82, 2.24) is 10.2 Å². The van der Waals surface area contributed by atoms with Crippen LogP contribution in [0.1, 0.15) is 50.3 Å². The minimum atomic E-state index is -0.967. The number of piperidine rings is 1. The van der Waals surface area contributed by atoms with Gasteiger partial charge in [-0.15, -0.1) is 0 Å². The van der Waals surface area contributed by atoms with Gasteiger partial charge in [-0.3, -0.25) is 4.79 Å². The molecule has 0 aliphatic carbocycles. The Morgan fingerprint density at radius 2 is 1.91 bits per heavy atom. The van der Waals surface area contributed by atoms with Crippen LogP contribution in [-0.2, 0) is 10.2 Å². The zero-order chi connectivity index (χ0) is 24.5. The first-order valence-electron chi connectivity index (χ1n) is 11.4. The van der Waals surface area contributed by atoms with Crippen molar-refractivity contribution in [3.8, 4) is 0 Å². The van der Waals surface area contributed by atoms with E-state index in [9.17, 15) is 19.1 Å². The third-order valence-corrected chi connectivity index (χ3v) is 7.17. The molecule has 0 spiro atoms. The van der Waals surface area contributed by atoms with Gasteiger partial charge in [0.25, 0.3) is 0 Å². The van der Waals surface area contributed by atoms with Crippen molar-refractivity contribution in [2.75, 3.05) is 6.54 Å². The second kappa shape index (κ2) is 9.63. The van der Waals surface area contributed by atoms with Gasteiger partial charge in [0, 0.05) is 29.4 Å². The number of rotatable bonds is 5. The number of carbonyl (C=O) groups is 2. The van der Waals surface area contributed by atoms with E-state index in [4.69, 9.17) is 11.6 Å². The summed E-state index contributed by atoms with van der Waals surface area (Å²) in [4.78, 5) is 26.3. The Hall–Kier alpha value is -3.12. The zero-order valence-corrected chi connectivity index (χ0v) is 20.0. The van der Waals surface area contributed by atoms with Crippen LogP contribution in [0, 0.1) is 5.82 Å². The molecule has 3 aromatic rings. The van der Waals surface area contributed by atoms with E-state index >= 15 is 0 Å². The lowest BCUT2D eigenvalue weighted by Crippen LogP contribution is -2.51. The van der Waals surface area contributed by atoms with Crippen LogP contribution in [0.2, 0.25) is 5.02 Å². The van der Waals surface area contributed by atoms with E-state index < -0.39 is 11.5 Å². The number of hydrogen-bond donors (Lipinski definition) is 2. The second-order valence-electron chi connectivity index (χ2n) is 9.25. The minimum Gasteiger partial charge on any atom is -0.465 e. The third kappa shape index (κ3) is 4.87. The van der Waals surface area contributed by atoms with E-state index in [1.165, 1.54) is 17.0 Å². The summed E-state index contributed by atoms with van der Waals surface area (Å²) in [6.07, 6.45) is 0.176. The predicted molar refractivity (Wildman–Crippen MR) is 132 cm³/mol. The summed E-state index contributed by atoms with van der Waals surface area (Å²) in [5.74, 6) is -0.488. The van der Waals surface area contributed by atoms with Gasteiger partial charge in [0.1, 0.15) is 5.82 Å². The van der Waals surface area contributed by atoms with Crippen molar-refractivity contribution in [1.29, 1.82) is 0 Å². The average molecular weight is 483 g/mol. The van der Waals surface area contributed by atoms with Crippen LogP contribution in [-0.4, -0.2) is 34.6 Å². The van der Waals surface area contributed by atoms with E-state index in [1.54, 1.807) is 12.1 Å². The van der Waals surface area contributed by atoms with Crippen LogP contribution in [0.5, 0.6) is 0 Å². The van der Waals surface area contributed by atoms with E-state index in [0.29, 0.717) is 24.4 Å². The summed E-state index contributed by atoms with van der Waals surface area (Å²) in [6.45, 7) is 4.09. The molecule has 1 saturated heterocycles. The minimum absolute atomic E-state index is 0.142. The highest BCUT2D eigenvalue weighted by Gasteiger charge is 2.42. The molecule has 5 nitrogen and oxygen atoms in total. The highest BCUT2D eigenvalue weighted by molar-refractivity contribution is 6.31. The van der Waals surface area contributed by atoms with Crippen LogP contribution < -0.4 is 5.32 Å². The number of fused-ring (bicyclic) bond motifs is 1. The zero-order valence-electron chi connectivity index (χ0n) is 19.2. The normalized spacial score (nSPS) is 21.3. The van der Waals surface area contributed by atoms with Gasteiger partial charge in [0.15, 0.2) is 0 Å². The molecule has 1 aliphatic rings. The van der Waals surface area contributed by atoms with Gasteiger partial charge in [-0.2, -0.15) is 0 Å². The molecule has 2 amide bonds. The van der Waals surface area contributed by atoms with Gasteiger partial charge in [-0.25, -0.2) is 9.18 Å². The van der Waals surface area contributed by atoms with Gasteiger partial charge < -0.3 is 15.3 Å². The Morgan fingerprint density at radius 1 is 1.21 bits per heavy atom. The maximum absolute atomic E-state index is 13.6. The maximum Gasteiger partial charge on any atom is 0.407 e. The Labute approximate surface area is 203 Å². The molecular weight excluding hydrogens is 455 g/mol. The molecule has 0 bridgehead atoms. The Balaban J connectivity index is 1.59. The average Bonchev–Trinajstić information content (AvgIpc) is 2.78. The lowest BCUT2D eigenvalue weighted by molar-refractivity contribution is -0.123. The molecule has 178 valence electrons. The van der Waals surface area contributed by atoms with Crippen LogP contribution in [0.25, 0.3) is 10.8 Å². The number of carbonyl (C=O) groups excluding carboxylic acids is 1. The monoisotopic (exact) mass is 482 g/mol. The molecule has 3 atom stereocenters. The number of nitrogens with one attached hydrogen (secondary N) is 1. The van der Waals surface area contributed by atoms with Gasteiger partial charge >= 0.3 is 6.09 Å². The summed E-state index contributed by atoms with van der Waals surface area (Å²) in [7, 11) is 0. The van der Waals surface area contributed by atoms with Gasteiger partial charge in [-0.05, 0) is 72.9 Å². The first-order valence-corrected chi connectivity index (χ1v) is 11.8. The first kappa shape index (κ1) is 24.0. The van der Waals surface area contributed by atoms with E-state index in [0.717, 1.165) is 21.9 Å². The molecule has 3 aromatic carbocycles. The second-order valence-corrected chi connectivity index (χ2v) is 9.68. The van der Waals surface area contributed by atoms with E-state index in [-0.39, 0.29) is 30.2 Å². The molecular formula is C27H28ClFN2O3. The number of nitrogens with zero attached hydrogens (tertiary/aromatic N) is 1. The first-order chi connectivity index (χ1) is 16.2. The van der Waals surface area contributed by atoms with E-state index in [2.05, 4.69) is 5.32 Å². The maximum atomic E-state index is 13.6. The fourth-order valence-electron chi connectivity index (χ4n) is 5.28. The Morgan fingerprint density at radius 3 is 2.59 bits per heavy atom. The lowest BCUT2D eigenvalue weighted by Gasteiger charge is -2.45. The Kier molecular flexibility index (Phi) is 6.80. The van der Waals surface area contributed by atoms with Crippen LogP contribution in [0.15, 0.2) is 60.7 Å². The highest BCUT2D eigenvalue weighted by atomic mass is 35.5. The van der Waals surface area contributed by atoms with Crippen LogP contribution in [0.3, 0.4) is 0 Å². The van der Waals surface area contributed by atoms with Gasteiger partial charge in [0.05, 0.1) is 6.04 Å². The van der Waals surface area contributed by atoms with Crippen molar-refractivity contribution in [2.45, 2.75) is 50.6 Å². The van der Waals surface area contributed by atoms with Crippen molar-refractivity contribution < 1.29 is 19.1 Å². The number of benzene rings is 3. The van der Waals surface area contributed by atoms with Crippen molar-refractivity contribution in [2.24, 2.45) is 0 Å². The molecule has 1 fully saturated rings. The largest absolute Gasteiger partial charge is 0.465 e. The summed E-state index contributed by atoms with van der Waals surface area (Å²) in [5.41, 5.74) is 1.20. The molecule has 34 heavy (non-hydrogen) atoms. The highest BCUT2D eigenvalue weighted by Crippen LogP contribution is 2.41. The van der Waals surface area contributed by atoms with Gasteiger partial charge in [0.2, 0.25) is 5.91 Å². The molecule has 0 radical (unpaired) electrons. The topological polar surface area (TPSA) is 69.6 Å². The number of halogens is 2. The summed E-state index contributed by atoms with van der Waals surface area (Å²) < 4.78 is 13.6. The van der Waals surface area contributed by atoms with Crippen molar-refractivity contribution in [3.63, 3.8) is 0 Å². The molecule has 0 aromatic heterocycles. The number of hydrogen-bond acceptors (Lipinski definition) is 2. The number of amides is 2. The standard InChI is InChI=1S/C27H28ClFN2O3/c1-17-15-27(11-12-31(17)26(33)34,20-7-9-22(29)10-8-20)16-25(32)30-18(2)24-14-21(28)13-19-5-3-4-6-23(19)24/h3-10,13-14,17-18H,11-12,15-16H2,1-2H3,(H,30,32)(H,33,34). The molecule has 0 saturated carbocycles. The Bertz CT molecular complexity index is 1220.